The van der Waals surface area contributed by atoms with Crippen molar-refractivity contribution >= 4 is 23.0 Å². The third-order valence-electron chi connectivity index (χ3n) is 5.39. The standard InChI is InChI=1S/C20H21FN4O3/c21-16-5-6-18(25(27)28)19(13-16)23-11-9-22(10-12-23)14-20(26)24-8-7-15-3-1-2-4-17(15)24/h1-6,13H,7-12,14H2. The number of benzene rings is 2. The molecule has 2 aliphatic heterocycles. The monoisotopic (exact) mass is 384 g/mol. The number of hydrogen-bond donors (Lipinski definition) is 0. The summed E-state index contributed by atoms with van der Waals surface area (Å²) in [7, 11) is 0. The lowest BCUT2D eigenvalue weighted by Crippen LogP contribution is -2.50. The Balaban J connectivity index is 1.38. The molecule has 1 saturated heterocycles. The second-order valence-corrected chi connectivity index (χ2v) is 7.08. The molecule has 0 unspecified atom stereocenters. The number of halogens is 1. The first kappa shape index (κ1) is 18.4. The summed E-state index contributed by atoms with van der Waals surface area (Å²) in [4.78, 5) is 29.2. The molecular weight excluding hydrogens is 363 g/mol. The molecule has 8 heteroatoms. The Morgan fingerprint density at radius 2 is 1.79 bits per heavy atom. The molecule has 0 aromatic heterocycles. The van der Waals surface area contributed by atoms with Crippen LogP contribution in [0.2, 0.25) is 0 Å². The lowest BCUT2D eigenvalue weighted by Gasteiger charge is -2.36. The fourth-order valence-electron chi connectivity index (χ4n) is 3.93. The molecule has 0 atom stereocenters. The third kappa shape index (κ3) is 3.55. The molecule has 28 heavy (non-hydrogen) atoms. The Kier molecular flexibility index (Phi) is 4.95. The number of amides is 1. The van der Waals surface area contributed by atoms with Crippen molar-refractivity contribution in [1.82, 2.24) is 4.90 Å². The molecule has 0 radical (unpaired) electrons. The Morgan fingerprint density at radius 1 is 1.04 bits per heavy atom. The lowest BCUT2D eigenvalue weighted by atomic mass is 10.2. The maximum absolute atomic E-state index is 13.6. The minimum atomic E-state index is -0.495. The summed E-state index contributed by atoms with van der Waals surface area (Å²) in [5, 5.41) is 11.2. The molecule has 0 aliphatic carbocycles. The third-order valence-corrected chi connectivity index (χ3v) is 5.39. The second kappa shape index (κ2) is 7.55. The van der Waals surface area contributed by atoms with Crippen LogP contribution in [0.25, 0.3) is 0 Å². The maximum atomic E-state index is 13.6. The van der Waals surface area contributed by atoms with E-state index in [1.54, 1.807) is 0 Å². The Morgan fingerprint density at radius 3 is 2.54 bits per heavy atom. The average molecular weight is 384 g/mol. The number of carbonyl (C=O) groups excluding carboxylic acids is 1. The van der Waals surface area contributed by atoms with Gasteiger partial charge in [0, 0.05) is 50.5 Å². The zero-order chi connectivity index (χ0) is 19.7. The second-order valence-electron chi connectivity index (χ2n) is 7.08. The summed E-state index contributed by atoms with van der Waals surface area (Å²) < 4.78 is 13.6. The Labute approximate surface area is 162 Å². The number of nitrogens with zero attached hydrogens (tertiary/aromatic N) is 4. The number of nitro groups is 1. The van der Waals surface area contributed by atoms with Gasteiger partial charge >= 0.3 is 0 Å². The highest BCUT2D eigenvalue weighted by Gasteiger charge is 2.28. The van der Waals surface area contributed by atoms with Crippen molar-refractivity contribution in [3.05, 3.63) is 64.0 Å². The van der Waals surface area contributed by atoms with E-state index >= 15 is 0 Å². The molecule has 1 amide bonds. The van der Waals surface area contributed by atoms with E-state index in [1.165, 1.54) is 17.7 Å². The first-order valence-corrected chi connectivity index (χ1v) is 9.32. The van der Waals surface area contributed by atoms with E-state index in [9.17, 15) is 19.3 Å². The van der Waals surface area contributed by atoms with Gasteiger partial charge in [0.15, 0.2) is 0 Å². The van der Waals surface area contributed by atoms with Gasteiger partial charge in [0.05, 0.1) is 11.5 Å². The molecule has 7 nitrogen and oxygen atoms in total. The van der Waals surface area contributed by atoms with Crippen LogP contribution < -0.4 is 9.80 Å². The summed E-state index contributed by atoms with van der Waals surface area (Å²) in [6, 6.07) is 11.5. The highest BCUT2D eigenvalue weighted by Crippen LogP contribution is 2.30. The van der Waals surface area contributed by atoms with Gasteiger partial charge in [-0.1, -0.05) is 18.2 Å². The first-order chi connectivity index (χ1) is 13.5. The topological polar surface area (TPSA) is 69.9 Å². The molecule has 2 aromatic rings. The zero-order valence-corrected chi connectivity index (χ0v) is 15.4. The number of hydrogen-bond acceptors (Lipinski definition) is 5. The van der Waals surface area contributed by atoms with Crippen LogP contribution in [0.1, 0.15) is 5.56 Å². The van der Waals surface area contributed by atoms with Crippen molar-refractivity contribution in [1.29, 1.82) is 0 Å². The Hall–Kier alpha value is -3.00. The number of piperazine rings is 1. The van der Waals surface area contributed by atoms with Gasteiger partial charge < -0.3 is 9.80 Å². The highest BCUT2D eigenvalue weighted by molar-refractivity contribution is 5.96. The van der Waals surface area contributed by atoms with Gasteiger partial charge in [-0.25, -0.2) is 4.39 Å². The van der Waals surface area contributed by atoms with Crippen molar-refractivity contribution in [3.8, 4) is 0 Å². The Bertz CT molecular complexity index is 912. The largest absolute Gasteiger partial charge is 0.363 e. The fraction of sp³-hybridized carbons (Fsp3) is 0.350. The van der Waals surface area contributed by atoms with E-state index in [4.69, 9.17) is 0 Å². The van der Waals surface area contributed by atoms with Crippen LogP contribution in [0.15, 0.2) is 42.5 Å². The molecule has 1 fully saturated rings. The van der Waals surface area contributed by atoms with E-state index in [2.05, 4.69) is 0 Å². The van der Waals surface area contributed by atoms with Crippen LogP contribution in [-0.2, 0) is 11.2 Å². The summed E-state index contributed by atoms with van der Waals surface area (Å²) >= 11 is 0. The number of para-hydroxylation sites is 1. The molecular formula is C20H21FN4O3. The van der Waals surface area contributed by atoms with Gasteiger partial charge in [-0.2, -0.15) is 0 Å². The SMILES string of the molecule is O=C(CN1CCN(c2cc(F)ccc2[N+](=O)[O-])CC1)N1CCc2ccccc21. The normalized spacial score (nSPS) is 16.9. The van der Waals surface area contributed by atoms with Crippen LogP contribution in [-0.4, -0.2) is 55.0 Å². The van der Waals surface area contributed by atoms with Crippen LogP contribution in [0.5, 0.6) is 0 Å². The molecule has 2 aromatic carbocycles. The van der Waals surface area contributed by atoms with Gasteiger partial charge in [-0.15, -0.1) is 0 Å². The van der Waals surface area contributed by atoms with E-state index in [0.29, 0.717) is 45.0 Å². The molecule has 0 spiro atoms. The van der Waals surface area contributed by atoms with Gasteiger partial charge in [-0.05, 0) is 24.1 Å². The van der Waals surface area contributed by atoms with Crippen LogP contribution in [0, 0.1) is 15.9 Å². The maximum Gasteiger partial charge on any atom is 0.292 e. The predicted octanol–water partition coefficient (Wildman–Crippen LogP) is 2.45. The molecule has 0 N–H and O–H groups in total. The minimum absolute atomic E-state index is 0.0649. The van der Waals surface area contributed by atoms with E-state index in [-0.39, 0.29) is 11.6 Å². The number of rotatable bonds is 4. The van der Waals surface area contributed by atoms with Crippen LogP contribution in [0.3, 0.4) is 0 Å². The lowest BCUT2D eigenvalue weighted by molar-refractivity contribution is -0.384. The molecule has 0 saturated carbocycles. The molecule has 146 valence electrons. The van der Waals surface area contributed by atoms with E-state index in [1.807, 2.05) is 39.0 Å². The summed E-state index contributed by atoms with van der Waals surface area (Å²) in [6.07, 6.45) is 0.874. The van der Waals surface area contributed by atoms with Crippen molar-refractivity contribution in [2.45, 2.75) is 6.42 Å². The average Bonchev–Trinajstić information content (AvgIpc) is 3.12. The van der Waals surface area contributed by atoms with Gasteiger partial charge in [0.1, 0.15) is 11.5 Å². The molecule has 0 bridgehead atoms. The number of fused-ring (bicyclic) bond motifs is 1. The molecule has 2 heterocycles. The smallest absolute Gasteiger partial charge is 0.292 e. The zero-order valence-electron chi connectivity index (χ0n) is 15.4. The fourth-order valence-corrected chi connectivity index (χ4v) is 3.93. The number of nitro benzene ring substituents is 1. The minimum Gasteiger partial charge on any atom is -0.363 e. The summed E-state index contributed by atoms with van der Waals surface area (Å²) in [5.41, 5.74) is 2.38. The van der Waals surface area contributed by atoms with Gasteiger partial charge in [0.2, 0.25) is 5.91 Å². The molecule has 2 aliphatic rings. The van der Waals surface area contributed by atoms with E-state index in [0.717, 1.165) is 18.2 Å². The summed E-state index contributed by atoms with van der Waals surface area (Å²) in [5.74, 6) is -0.430. The summed E-state index contributed by atoms with van der Waals surface area (Å²) in [6.45, 7) is 3.22. The van der Waals surface area contributed by atoms with Crippen LogP contribution in [0.4, 0.5) is 21.5 Å². The van der Waals surface area contributed by atoms with Gasteiger partial charge in [0.25, 0.3) is 5.69 Å². The number of anilines is 2. The highest BCUT2D eigenvalue weighted by atomic mass is 19.1. The predicted molar refractivity (Wildman–Crippen MR) is 104 cm³/mol. The molecule has 4 rings (SSSR count). The van der Waals surface area contributed by atoms with Crippen LogP contribution >= 0.6 is 0 Å². The quantitative estimate of drug-likeness (QED) is 0.598. The van der Waals surface area contributed by atoms with Gasteiger partial charge in [-0.3, -0.25) is 19.8 Å². The van der Waals surface area contributed by atoms with E-state index < -0.39 is 10.7 Å². The van der Waals surface area contributed by atoms with Crippen molar-refractivity contribution in [2.75, 3.05) is 49.1 Å². The van der Waals surface area contributed by atoms with Crippen molar-refractivity contribution in [2.24, 2.45) is 0 Å². The van der Waals surface area contributed by atoms with Crippen molar-refractivity contribution < 1.29 is 14.1 Å². The number of carbonyl (C=O) groups is 1. The van der Waals surface area contributed by atoms with Crippen molar-refractivity contribution in [3.63, 3.8) is 0 Å². The first-order valence-electron chi connectivity index (χ1n) is 9.32.